The van der Waals surface area contributed by atoms with Gasteiger partial charge in [-0.25, -0.2) is 0 Å². The number of carbonyl (C=O) groups is 1. The summed E-state index contributed by atoms with van der Waals surface area (Å²) in [6.07, 6.45) is 13.2. The smallest absolute Gasteiger partial charge is 0.243 e. The van der Waals surface area contributed by atoms with Crippen LogP contribution in [0.3, 0.4) is 0 Å². The Morgan fingerprint density at radius 2 is 1.92 bits per heavy atom. The third kappa shape index (κ3) is 8.30. The van der Waals surface area contributed by atoms with E-state index < -0.39 is 0 Å². The van der Waals surface area contributed by atoms with Gasteiger partial charge in [0.15, 0.2) is 0 Å². The van der Waals surface area contributed by atoms with E-state index in [1.165, 1.54) is 44.1 Å². The largest absolute Gasteiger partial charge is 0.381 e. The number of hydrogen-bond donors (Lipinski definition) is 1. The first-order valence-electron chi connectivity index (χ1n) is 9.40. The molecule has 1 N–H and O–H groups in total. The first kappa shape index (κ1) is 18.7. The molecule has 1 heterocycles. The van der Waals surface area contributed by atoms with Crippen LogP contribution in [-0.2, 0) is 16.0 Å². The second-order valence-corrected chi connectivity index (χ2v) is 6.67. The third-order valence-electron chi connectivity index (χ3n) is 4.54. The van der Waals surface area contributed by atoms with Gasteiger partial charge in [-0.1, -0.05) is 55.7 Å². The van der Waals surface area contributed by atoms with Crippen LogP contribution in [0.15, 0.2) is 42.5 Å². The summed E-state index contributed by atoms with van der Waals surface area (Å²) in [5.41, 5.74) is 1.44. The SMILES string of the molecule is O=C(C=CCCCCCCCc1ccccc1)NCC1CCOC1. The molecule has 0 aromatic heterocycles. The first-order chi connectivity index (χ1) is 11.8. The van der Waals surface area contributed by atoms with E-state index in [-0.39, 0.29) is 5.91 Å². The molecule has 1 aromatic rings. The highest BCUT2D eigenvalue weighted by Crippen LogP contribution is 2.11. The zero-order valence-electron chi connectivity index (χ0n) is 14.7. The Labute approximate surface area is 146 Å². The molecule has 1 atom stereocenters. The fraction of sp³-hybridized carbons (Fsp3) is 0.571. The van der Waals surface area contributed by atoms with Crippen LogP contribution in [0.2, 0.25) is 0 Å². The van der Waals surface area contributed by atoms with Crippen molar-refractivity contribution < 1.29 is 9.53 Å². The minimum absolute atomic E-state index is 0.0322. The minimum atomic E-state index is 0.0322. The standard InChI is InChI=1S/C21H31NO2/c23-21(22-17-20-15-16-24-18-20)14-10-5-3-1-2-4-7-11-19-12-8-6-9-13-19/h6,8-10,12-14,20H,1-5,7,11,15-18H2,(H,22,23). The van der Waals surface area contributed by atoms with E-state index in [0.29, 0.717) is 5.92 Å². The minimum Gasteiger partial charge on any atom is -0.381 e. The van der Waals surface area contributed by atoms with Crippen molar-refractivity contribution >= 4 is 5.91 Å². The molecular weight excluding hydrogens is 298 g/mol. The normalized spacial score (nSPS) is 17.4. The average Bonchev–Trinajstić information content (AvgIpc) is 3.13. The molecule has 24 heavy (non-hydrogen) atoms. The molecule has 1 unspecified atom stereocenters. The fourth-order valence-corrected chi connectivity index (χ4v) is 3.00. The fourth-order valence-electron chi connectivity index (χ4n) is 3.00. The van der Waals surface area contributed by atoms with E-state index >= 15 is 0 Å². The Balaban J connectivity index is 1.39. The number of allylic oxidation sites excluding steroid dienone is 1. The summed E-state index contributed by atoms with van der Waals surface area (Å²) in [7, 11) is 0. The number of ether oxygens (including phenoxy) is 1. The van der Waals surface area contributed by atoms with Gasteiger partial charge in [0.2, 0.25) is 5.91 Å². The van der Waals surface area contributed by atoms with E-state index in [1.54, 1.807) is 6.08 Å². The molecule has 0 bridgehead atoms. The lowest BCUT2D eigenvalue weighted by Crippen LogP contribution is -2.27. The van der Waals surface area contributed by atoms with E-state index in [0.717, 1.165) is 32.6 Å². The predicted molar refractivity (Wildman–Crippen MR) is 98.9 cm³/mol. The molecule has 0 radical (unpaired) electrons. The van der Waals surface area contributed by atoms with Gasteiger partial charge >= 0.3 is 0 Å². The molecule has 2 rings (SSSR count). The molecule has 132 valence electrons. The van der Waals surface area contributed by atoms with Crippen molar-refractivity contribution in [2.24, 2.45) is 5.92 Å². The van der Waals surface area contributed by atoms with Gasteiger partial charge in [0.25, 0.3) is 0 Å². The highest BCUT2D eigenvalue weighted by atomic mass is 16.5. The number of nitrogens with one attached hydrogen (secondary N) is 1. The number of rotatable bonds is 11. The molecule has 1 amide bonds. The Morgan fingerprint density at radius 3 is 2.71 bits per heavy atom. The van der Waals surface area contributed by atoms with Gasteiger partial charge in [-0.3, -0.25) is 4.79 Å². The Kier molecular flexibility index (Phi) is 9.25. The second kappa shape index (κ2) is 11.9. The van der Waals surface area contributed by atoms with Gasteiger partial charge in [-0.2, -0.15) is 0 Å². The predicted octanol–water partition coefficient (Wildman–Crippen LogP) is 4.28. The number of aryl methyl sites for hydroxylation is 1. The number of carbonyl (C=O) groups excluding carboxylic acids is 1. The Hall–Kier alpha value is -1.61. The van der Waals surface area contributed by atoms with E-state index in [9.17, 15) is 4.79 Å². The zero-order valence-corrected chi connectivity index (χ0v) is 14.7. The summed E-state index contributed by atoms with van der Waals surface area (Å²) in [5.74, 6) is 0.531. The van der Waals surface area contributed by atoms with Crippen LogP contribution >= 0.6 is 0 Å². The quantitative estimate of drug-likeness (QED) is 0.486. The molecule has 3 nitrogen and oxygen atoms in total. The number of amides is 1. The third-order valence-corrected chi connectivity index (χ3v) is 4.54. The van der Waals surface area contributed by atoms with Crippen molar-refractivity contribution in [1.82, 2.24) is 5.32 Å². The molecule has 1 aromatic carbocycles. The summed E-state index contributed by atoms with van der Waals surface area (Å²) < 4.78 is 5.30. The van der Waals surface area contributed by atoms with Gasteiger partial charge in [0.05, 0.1) is 6.61 Å². The van der Waals surface area contributed by atoms with Gasteiger partial charge in [0.1, 0.15) is 0 Å². The highest BCUT2D eigenvalue weighted by Gasteiger charge is 2.15. The van der Waals surface area contributed by atoms with Gasteiger partial charge in [0, 0.05) is 19.1 Å². The number of benzene rings is 1. The summed E-state index contributed by atoms with van der Waals surface area (Å²) in [5, 5.41) is 2.95. The Morgan fingerprint density at radius 1 is 1.12 bits per heavy atom. The summed E-state index contributed by atoms with van der Waals surface area (Å²) in [6, 6.07) is 10.7. The maximum absolute atomic E-state index is 11.7. The van der Waals surface area contributed by atoms with Crippen LogP contribution in [-0.4, -0.2) is 25.7 Å². The number of unbranched alkanes of at least 4 members (excludes halogenated alkanes) is 5. The molecular formula is C21H31NO2. The molecule has 3 heteroatoms. The summed E-state index contributed by atoms with van der Waals surface area (Å²) in [6.45, 7) is 2.36. The monoisotopic (exact) mass is 329 g/mol. The van der Waals surface area contributed by atoms with Crippen LogP contribution in [0, 0.1) is 5.92 Å². The Bertz CT molecular complexity index is 478. The average molecular weight is 329 g/mol. The zero-order chi connectivity index (χ0) is 16.9. The molecule has 1 aliphatic heterocycles. The molecule has 1 saturated heterocycles. The van der Waals surface area contributed by atoms with Crippen LogP contribution in [0.1, 0.15) is 50.5 Å². The van der Waals surface area contributed by atoms with Crippen molar-refractivity contribution in [3.8, 4) is 0 Å². The van der Waals surface area contributed by atoms with Crippen LogP contribution in [0.4, 0.5) is 0 Å². The van der Waals surface area contributed by atoms with Gasteiger partial charge in [-0.05, 0) is 43.7 Å². The van der Waals surface area contributed by atoms with Crippen molar-refractivity contribution in [2.75, 3.05) is 19.8 Å². The van der Waals surface area contributed by atoms with Crippen molar-refractivity contribution in [3.05, 3.63) is 48.0 Å². The summed E-state index contributed by atoms with van der Waals surface area (Å²) in [4.78, 5) is 11.7. The molecule has 0 saturated carbocycles. The maximum atomic E-state index is 11.7. The van der Waals surface area contributed by atoms with Crippen molar-refractivity contribution in [3.63, 3.8) is 0 Å². The maximum Gasteiger partial charge on any atom is 0.243 e. The topological polar surface area (TPSA) is 38.3 Å². The van der Waals surface area contributed by atoms with E-state index in [4.69, 9.17) is 4.74 Å². The van der Waals surface area contributed by atoms with E-state index in [1.807, 2.05) is 6.08 Å². The van der Waals surface area contributed by atoms with Gasteiger partial charge < -0.3 is 10.1 Å². The summed E-state index contributed by atoms with van der Waals surface area (Å²) >= 11 is 0. The van der Waals surface area contributed by atoms with Gasteiger partial charge in [-0.15, -0.1) is 0 Å². The first-order valence-corrected chi connectivity index (χ1v) is 9.40. The molecule has 0 spiro atoms. The lowest BCUT2D eigenvalue weighted by Gasteiger charge is -2.07. The molecule has 0 aliphatic carbocycles. The van der Waals surface area contributed by atoms with Crippen LogP contribution in [0.5, 0.6) is 0 Å². The molecule has 1 fully saturated rings. The van der Waals surface area contributed by atoms with Crippen molar-refractivity contribution in [2.45, 2.75) is 51.4 Å². The second-order valence-electron chi connectivity index (χ2n) is 6.67. The lowest BCUT2D eigenvalue weighted by atomic mass is 10.0. The van der Waals surface area contributed by atoms with Crippen LogP contribution < -0.4 is 5.32 Å². The lowest BCUT2D eigenvalue weighted by molar-refractivity contribution is -0.116. The highest BCUT2D eigenvalue weighted by molar-refractivity contribution is 5.87. The van der Waals surface area contributed by atoms with E-state index in [2.05, 4.69) is 35.6 Å². The number of hydrogen-bond acceptors (Lipinski definition) is 2. The van der Waals surface area contributed by atoms with Crippen molar-refractivity contribution in [1.29, 1.82) is 0 Å². The molecule has 1 aliphatic rings. The van der Waals surface area contributed by atoms with Crippen LogP contribution in [0.25, 0.3) is 0 Å².